The molecule has 0 atom stereocenters. The van der Waals surface area contributed by atoms with Crippen molar-refractivity contribution in [1.82, 2.24) is 4.81 Å². The Morgan fingerprint density at radius 3 is 1.75 bits per heavy atom. The van der Waals surface area contributed by atoms with Crippen molar-refractivity contribution in [1.29, 1.82) is 0 Å². The molecule has 0 bridgehead atoms. The minimum absolute atomic E-state index is 1.02. The van der Waals surface area contributed by atoms with Crippen LogP contribution in [0, 0.1) is 0 Å². The summed E-state index contributed by atoms with van der Waals surface area (Å²) in [5.41, 5.74) is 0. The third kappa shape index (κ3) is 4.19. The average Bonchev–Trinajstić information content (AvgIpc) is 1.68. The largest absolute Gasteiger partial charge is 0.580 e. The van der Waals surface area contributed by atoms with Gasteiger partial charge in [-0.15, -0.1) is 0 Å². The molecule has 0 aromatic rings. The van der Waals surface area contributed by atoms with E-state index < -0.39 is 0 Å². The summed E-state index contributed by atoms with van der Waals surface area (Å²) >= 11 is 0. The summed E-state index contributed by atoms with van der Waals surface area (Å²) < 4.78 is 0. The Kier molecular flexibility index (Phi) is 5.18. The molecule has 0 unspecified atom stereocenters. The molecule has 2 heteroatoms. The number of nitrogens with zero attached hydrogens (tertiary/aromatic N) is 1. The Bertz CT molecular complexity index is 41.8. The summed E-state index contributed by atoms with van der Waals surface area (Å²) in [4.78, 5) is 1.86. The van der Waals surface area contributed by atoms with Crippen LogP contribution in [0.3, 0.4) is 0 Å². The minimum atomic E-state index is 1.02. The number of rotatable bonds is 4. The van der Waals surface area contributed by atoms with Crippen LogP contribution in [0.2, 0.25) is 0 Å². The molecular weight excluding hydrogens is 96.9 g/mol. The summed E-state index contributed by atoms with van der Waals surface area (Å²) in [7, 11) is 5.53. The minimum Gasteiger partial charge on any atom is -0.580 e. The number of hydrogen-bond donors (Lipinski definition) is 0. The second-order valence-corrected chi connectivity index (χ2v) is 2.04. The fourth-order valence-corrected chi connectivity index (χ4v) is 0.686. The van der Waals surface area contributed by atoms with Crippen molar-refractivity contribution in [3.63, 3.8) is 0 Å². The Morgan fingerprint density at radius 2 is 1.50 bits per heavy atom. The zero-order valence-electron chi connectivity index (χ0n) is 5.85. The van der Waals surface area contributed by atoms with Gasteiger partial charge in [-0.1, -0.05) is 13.8 Å². The normalized spacial score (nSPS) is 10.5. The summed E-state index contributed by atoms with van der Waals surface area (Å²) in [6, 6.07) is 0. The Balaban J connectivity index is 2.92. The zero-order chi connectivity index (χ0) is 6.41. The van der Waals surface area contributed by atoms with Gasteiger partial charge in [0.15, 0.2) is 0 Å². The topological polar surface area (TPSA) is 3.24 Å². The van der Waals surface area contributed by atoms with Crippen LogP contribution in [0.1, 0.15) is 26.7 Å². The molecule has 0 amide bonds. The Hall–Kier alpha value is 0.0249. The second kappa shape index (κ2) is 5.17. The van der Waals surface area contributed by atoms with Gasteiger partial charge in [-0.3, -0.25) is 0 Å². The maximum Gasteiger partial charge on any atom is -0.0459 e. The van der Waals surface area contributed by atoms with Gasteiger partial charge in [0, 0.05) is 0 Å². The molecule has 0 saturated heterocycles. The molecule has 0 saturated carbocycles. The Morgan fingerprint density at radius 1 is 1.12 bits per heavy atom. The Labute approximate surface area is 53.5 Å². The number of hydrogen-bond acceptors (Lipinski definition) is 1. The highest BCUT2D eigenvalue weighted by Crippen LogP contribution is 1.86. The van der Waals surface area contributed by atoms with E-state index in [9.17, 15) is 0 Å². The molecular formula is C6H14BN-. The first-order valence-electron chi connectivity index (χ1n) is 3.30. The molecule has 0 fully saturated rings. The van der Waals surface area contributed by atoms with E-state index in [0.717, 1.165) is 25.9 Å². The van der Waals surface area contributed by atoms with E-state index in [1.807, 2.05) is 4.81 Å². The van der Waals surface area contributed by atoms with Gasteiger partial charge in [0.1, 0.15) is 0 Å². The molecule has 0 aliphatic rings. The standard InChI is InChI=1S/C6H14BN/c1-3-5-8(7)6-4-2/h3-6H2,1-2H3/q-1. The molecule has 0 spiro atoms. The highest BCUT2D eigenvalue weighted by molar-refractivity contribution is 6.04. The van der Waals surface area contributed by atoms with Crippen LogP contribution in [-0.2, 0) is 0 Å². The summed E-state index contributed by atoms with van der Waals surface area (Å²) in [6.07, 6.45) is 2.30. The van der Waals surface area contributed by atoms with Gasteiger partial charge in [-0.05, 0) is 25.9 Å². The summed E-state index contributed by atoms with van der Waals surface area (Å²) in [5, 5.41) is 0. The van der Waals surface area contributed by atoms with Gasteiger partial charge in [0.25, 0.3) is 0 Å². The SMILES string of the molecule is [B-]N(CCC)CCC. The summed E-state index contributed by atoms with van der Waals surface area (Å²) in [6.45, 7) is 6.31. The highest BCUT2D eigenvalue weighted by Gasteiger charge is 1.78. The van der Waals surface area contributed by atoms with Crippen molar-refractivity contribution in [2.75, 3.05) is 13.1 Å². The fraction of sp³-hybridized carbons (Fsp3) is 1.00. The van der Waals surface area contributed by atoms with Crippen molar-refractivity contribution in [2.24, 2.45) is 0 Å². The molecule has 0 heterocycles. The maximum absolute atomic E-state index is 5.53. The van der Waals surface area contributed by atoms with Crippen LogP contribution >= 0.6 is 0 Å². The molecule has 0 aliphatic heterocycles. The highest BCUT2D eigenvalue weighted by atomic mass is 15.0. The van der Waals surface area contributed by atoms with Crippen molar-refractivity contribution in [2.45, 2.75) is 26.7 Å². The lowest BCUT2D eigenvalue weighted by Crippen LogP contribution is -2.21. The molecule has 3 radical (unpaired) electrons. The zero-order valence-corrected chi connectivity index (χ0v) is 5.85. The van der Waals surface area contributed by atoms with Crippen LogP contribution in [-0.4, -0.2) is 25.9 Å². The van der Waals surface area contributed by atoms with Crippen molar-refractivity contribution in [3.05, 3.63) is 0 Å². The third-order valence-corrected chi connectivity index (χ3v) is 1.02. The first kappa shape index (κ1) is 8.02. The third-order valence-electron chi connectivity index (χ3n) is 1.02. The predicted octanol–water partition coefficient (Wildman–Crippen LogP) is 1.19. The van der Waals surface area contributed by atoms with Crippen molar-refractivity contribution in [3.8, 4) is 0 Å². The van der Waals surface area contributed by atoms with E-state index in [2.05, 4.69) is 13.8 Å². The van der Waals surface area contributed by atoms with E-state index in [1.54, 1.807) is 0 Å². The molecule has 0 aromatic heterocycles. The molecule has 47 valence electrons. The molecule has 8 heavy (non-hydrogen) atoms. The maximum atomic E-state index is 5.53. The average molecular weight is 111 g/mol. The molecule has 1 nitrogen and oxygen atoms in total. The van der Waals surface area contributed by atoms with Crippen LogP contribution in [0.5, 0.6) is 0 Å². The lowest BCUT2D eigenvalue weighted by molar-refractivity contribution is 0.450. The van der Waals surface area contributed by atoms with Gasteiger partial charge < -0.3 is 12.8 Å². The van der Waals surface area contributed by atoms with E-state index in [1.165, 1.54) is 0 Å². The van der Waals surface area contributed by atoms with Gasteiger partial charge in [0.05, 0.1) is 0 Å². The van der Waals surface area contributed by atoms with Gasteiger partial charge >= 0.3 is 0 Å². The smallest absolute Gasteiger partial charge is 0.0459 e. The van der Waals surface area contributed by atoms with Gasteiger partial charge in [-0.2, -0.15) is 0 Å². The molecule has 0 aromatic carbocycles. The monoisotopic (exact) mass is 111 g/mol. The quantitative estimate of drug-likeness (QED) is 0.492. The molecule has 0 rings (SSSR count). The van der Waals surface area contributed by atoms with Crippen LogP contribution < -0.4 is 0 Å². The van der Waals surface area contributed by atoms with Crippen LogP contribution in [0.15, 0.2) is 0 Å². The fourth-order valence-electron chi connectivity index (χ4n) is 0.686. The van der Waals surface area contributed by atoms with E-state index in [-0.39, 0.29) is 0 Å². The van der Waals surface area contributed by atoms with Crippen molar-refractivity contribution < 1.29 is 0 Å². The van der Waals surface area contributed by atoms with Crippen molar-refractivity contribution >= 4 is 7.98 Å². The second-order valence-electron chi connectivity index (χ2n) is 2.04. The molecule has 0 N–H and O–H groups in total. The van der Waals surface area contributed by atoms with Gasteiger partial charge in [0.2, 0.25) is 0 Å². The lowest BCUT2D eigenvalue weighted by atomic mass is 10.2. The predicted molar refractivity (Wildman–Crippen MR) is 37.9 cm³/mol. The van der Waals surface area contributed by atoms with Gasteiger partial charge in [-0.25, -0.2) is 0 Å². The van der Waals surface area contributed by atoms with Crippen LogP contribution in [0.25, 0.3) is 0 Å². The molecule has 0 aliphatic carbocycles. The van der Waals surface area contributed by atoms with E-state index in [0.29, 0.717) is 0 Å². The van der Waals surface area contributed by atoms with E-state index in [4.69, 9.17) is 7.98 Å². The van der Waals surface area contributed by atoms with E-state index >= 15 is 0 Å². The van der Waals surface area contributed by atoms with Crippen LogP contribution in [0.4, 0.5) is 0 Å². The summed E-state index contributed by atoms with van der Waals surface area (Å²) in [5.74, 6) is 0. The first-order chi connectivity index (χ1) is 3.81. The lowest BCUT2D eigenvalue weighted by Gasteiger charge is -2.31. The first-order valence-corrected chi connectivity index (χ1v) is 3.30.